The van der Waals surface area contributed by atoms with Gasteiger partial charge >= 0.3 is 11.9 Å². The quantitative estimate of drug-likeness (QED) is 0.156. The third kappa shape index (κ3) is 6.44. The van der Waals surface area contributed by atoms with Crippen molar-refractivity contribution >= 4 is 34.9 Å². The fourth-order valence-corrected chi connectivity index (χ4v) is 3.53. The second-order valence-corrected chi connectivity index (χ2v) is 7.83. The van der Waals surface area contributed by atoms with Crippen LogP contribution < -0.4 is 0 Å². The first kappa shape index (κ1) is 25.9. The highest BCUT2D eigenvalue weighted by molar-refractivity contribution is 5.99. The van der Waals surface area contributed by atoms with Gasteiger partial charge in [-0.15, -0.1) is 0 Å². The van der Waals surface area contributed by atoms with Crippen molar-refractivity contribution in [2.45, 2.75) is 12.8 Å². The minimum Gasteiger partial charge on any atom is -0.457 e. The van der Waals surface area contributed by atoms with Crippen LogP contribution in [0.3, 0.4) is 0 Å². The van der Waals surface area contributed by atoms with Crippen molar-refractivity contribution in [3.05, 3.63) is 92.0 Å². The predicted molar refractivity (Wildman–Crippen MR) is 122 cm³/mol. The Morgan fingerprint density at radius 3 is 1.31 bits per heavy atom. The maximum absolute atomic E-state index is 12.6. The van der Waals surface area contributed by atoms with Crippen LogP contribution in [0, 0.1) is 32.1 Å². The zero-order chi connectivity index (χ0) is 26.2. The Balaban J connectivity index is 1.55. The van der Waals surface area contributed by atoms with Crippen LogP contribution >= 0.6 is 0 Å². The van der Waals surface area contributed by atoms with E-state index in [0.29, 0.717) is 0 Å². The number of allylic oxidation sites excluding steroid dienone is 2. The molecule has 0 radical (unpaired) electrons. The lowest BCUT2D eigenvalue weighted by Gasteiger charge is -2.25. The average molecular weight is 496 g/mol. The highest BCUT2D eigenvalue weighted by Crippen LogP contribution is 2.28. The Hall–Kier alpha value is -4.74. The fourth-order valence-electron chi connectivity index (χ4n) is 3.53. The second kappa shape index (κ2) is 11.6. The molecule has 0 bridgehead atoms. The van der Waals surface area contributed by atoms with Gasteiger partial charge in [0.15, 0.2) is 24.8 Å². The highest BCUT2D eigenvalue weighted by Gasteiger charge is 2.37. The number of esters is 2. The van der Waals surface area contributed by atoms with Crippen molar-refractivity contribution in [1.29, 1.82) is 0 Å². The number of nitrogens with zero attached hydrogens (tertiary/aromatic N) is 2. The number of ether oxygens (including phenoxy) is 2. The molecule has 0 aromatic heterocycles. The SMILES string of the molecule is O=C(COC(=O)C1CC=CCC1C(=O)OCC(=O)c1ccc([N+](=O)[O-])cc1)c1ccc([N+](=O)[O-])cc1. The van der Waals surface area contributed by atoms with Crippen LogP contribution in [0.5, 0.6) is 0 Å². The molecular formula is C24H20N2O10. The lowest BCUT2D eigenvalue weighted by molar-refractivity contribution is -0.385. The first-order valence-corrected chi connectivity index (χ1v) is 10.7. The average Bonchev–Trinajstić information content (AvgIpc) is 2.90. The summed E-state index contributed by atoms with van der Waals surface area (Å²) in [5.74, 6) is -4.59. The molecule has 1 aliphatic rings. The summed E-state index contributed by atoms with van der Waals surface area (Å²) in [4.78, 5) is 70.0. The van der Waals surface area contributed by atoms with E-state index in [1.54, 1.807) is 12.2 Å². The number of hydrogen-bond donors (Lipinski definition) is 0. The predicted octanol–water partition coefficient (Wildman–Crippen LogP) is 3.24. The first-order valence-electron chi connectivity index (χ1n) is 10.7. The fraction of sp³-hybridized carbons (Fsp3) is 0.250. The number of hydrogen-bond acceptors (Lipinski definition) is 10. The molecule has 1 aliphatic carbocycles. The zero-order valence-corrected chi connectivity index (χ0v) is 18.7. The van der Waals surface area contributed by atoms with Gasteiger partial charge in [0.25, 0.3) is 11.4 Å². The number of rotatable bonds is 10. The number of nitro benzene ring substituents is 2. The van der Waals surface area contributed by atoms with Crippen LogP contribution in [0.2, 0.25) is 0 Å². The van der Waals surface area contributed by atoms with E-state index in [0.717, 1.165) is 24.3 Å². The van der Waals surface area contributed by atoms with Crippen LogP contribution in [-0.4, -0.2) is 46.6 Å². The monoisotopic (exact) mass is 496 g/mol. The summed E-state index contributed by atoms with van der Waals surface area (Å²) in [7, 11) is 0. The third-order valence-electron chi connectivity index (χ3n) is 5.53. The van der Waals surface area contributed by atoms with E-state index in [4.69, 9.17) is 9.47 Å². The summed E-state index contributed by atoms with van der Waals surface area (Å²) in [5.41, 5.74) is -0.132. The van der Waals surface area contributed by atoms with Gasteiger partial charge in [-0.05, 0) is 37.1 Å². The van der Waals surface area contributed by atoms with Crippen molar-refractivity contribution < 1.29 is 38.5 Å². The Morgan fingerprint density at radius 2 is 1.00 bits per heavy atom. The molecule has 0 saturated carbocycles. The number of non-ortho nitro benzene ring substituents is 2. The lowest BCUT2D eigenvalue weighted by atomic mass is 9.83. The van der Waals surface area contributed by atoms with Gasteiger partial charge in [-0.1, -0.05) is 12.2 Å². The van der Waals surface area contributed by atoms with Crippen molar-refractivity contribution in [3.8, 4) is 0 Å². The molecule has 2 aromatic carbocycles. The lowest BCUT2D eigenvalue weighted by Crippen LogP contribution is -2.35. The second-order valence-electron chi connectivity index (χ2n) is 7.83. The number of carbonyl (C=O) groups is 4. The molecule has 3 rings (SSSR count). The van der Waals surface area contributed by atoms with Gasteiger partial charge in [0.1, 0.15) is 0 Å². The first-order chi connectivity index (χ1) is 17.2. The van der Waals surface area contributed by atoms with Crippen LogP contribution in [0.1, 0.15) is 33.6 Å². The summed E-state index contributed by atoms with van der Waals surface area (Å²) in [6, 6.07) is 9.63. The Labute approximate surface area is 203 Å². The smallest absolute Gasteiger partial charge is 0.310 e. The molecule has 2 atom stereocenters. The molecule has 36 heavy (non-hydrogen) atoms. The van der Waals surface area contributed by atoms with E-state index in [-0.39, 0.29) is 35.3 Å². The maximum atomic E-state index is 12.6. The van der Waals surface area contributed by atoms with E-state index in [9.17, 15) is 39.4 Å². The third-order valence-corrected chi connectivity index (χ3v) is 5.53. The molecule has 186 valence electrons. The molecule has 0 N–H and O–H groups in total. The van der Waals surface area contributed by atoms with Gasteiger partial charge in [-0.25, -0.2) is 0 Å². The van der Waals surface area contributed by atoms with Gasteiger partial charge in [0.2, 0.25) is 0 Å². The summed E-state index contributed by atoms with van der Waals surface area (Å²) in [6.07, 6.45) is 3.72. The minimum atomic E-state index is -0.929. The van der Waals surface area contributed by atoms with Crippen molar-refractivity contribution in [1.82, 2.24) is 0 Å². The van der Waals surface area contributed by atoms with Gasteiger partial charge in [-0.3, -0.25) is 39.4 Å². The molecule has 0 spiro atoms. The summed E-state index contributed by atoms with van der Waals surface area (Å²) in [6.45, 7) is -1.23. The molecule has 0 saturated heterocycles. The van der Waals surface area contributed by atoms with E-state index < -0.39 is 58.4 Å². The Bertz CT molecular complexity index is 1120. The minimum absolute atomic E-state index is 0.123. The molecule has 0 aliphatic heterocycles. The van der Waals surface area contributed by atoms with E-state index in [1.165, 1.54) is 24.3 Å². The molecule has 2 aromatic rings. The molecule has 0 heterocycles. The van der Waals surface area contributed by atoms with E-state index >= 15 is 0 Å². The van der Waals surface area contributed by atoms with Crippen LogP contribution in [-0.2, 0) is 19.1 Å². The van der Waals surface area contributed by atoms with Crippen molar-refractivity contribution in [2.75, 3.05) is 13.2 Å². The number of nitro groups is 2. The van der Waals surface area contributed by atoms with E-state index in [1.807, 2.05) is 0 Å². The zero-order valence-electron chi connectivity index (χ0n) is 18.7. The number of ketones is 2. The normalized spacial score (nSPS) is 16.6. The molecular weight excluding hydrogens is 476 g/mol. The largest absolute Gasteiger partial charge is 0.457 e. The molecule has 12 heteroatoms. The summed E-state index contributed by atoms with van der Waals surface area (Å²) in [5, 5.41) is 21.4. The van der Waals surface area contributed by atoms with Gasteiger partial charge < -0.3 is 9.47 Å². The van der Waals surface area contributed by atoms with Gasteiger partial charge in [-0.2, -0.15) is 0 Å². The maximum Gasteiger partial charge on any atom is 0.310 e. The molecule has 2 unspecified atom stereocenters. The molecule has 12 nitrogen and oxygen atoms in total. The van der Waals surface area contributed by atoms with Gasteiger partial charge in [0, 0.05) is 35.4 Å². The van der Waals surface area contributed by atoms with Crippen molar-refractivity contribution in [2.24, 2.45) is 11.8 Å². The number of benzene rings is 2. The summed E-state index contributed by atoms with van der Waals surface area (Å²) < 4.78 is 10.2. The molecule has 0 amide bonds. The van der Waals surface area contributed by atoms with E-state index in [2.05, 4.69) is 0 Å². The number of carbonyl (C=O) groups excluding carboxylic acids is 4. The van der Waals surface area contributed by atoms with Crippen LogP contribution in [0.15, 0.2) is 60.7 Å². The topological polar surface area (TPSA) is 173 Å². The Morgan fingerprint density at radius 1 is 0.667 bits per heavy atom. The van der Waals surface area contributed by atoms with Gasteiger partial charge in [0.05, 0.1) is 21.7 Å². The summed E-state index contributed by atoms with van der Waals surface area (Å²) >= 11 is 0. The van der Waals surface area contributed by atoms with Crippen LogP contribution in [0.25, 0.3) is 0 Å². The van der Waals surface area contributed by atoms with Crippen LogP contribution in [0.4, 0.5) is 11.4 Å². The molecule has 0 fully saturated rings. The standard InChI is InChI=1S/C24H20N2O10/c27-21(15-5-9-17(10-6-15)25(31)32)13-35-23(29)19-3-1-2-4-20(19)24(30)36-14-22(28)16-7-11-18(12-8-16)26(33)34/h1-2,5-12,19-20H,3-4,13-14H2. The van der Waals surface area contributed by atoms with Crippen molar-refractivity contribution in [3.63, 3.8) is 0 Å². The Kier molecular flexibility index (Phi) is 8.34. The number of Topliss-reactive ketones (excluding diaryl/α,β-unsaturated/α-hetero) is 2. The highest BCUT2D eigenvalue weighted by atomic mass is 16.6.